The largest absolute Gasteiger partial charge is 0.352 e. The van der Waals surface area contributed by atoms with Gasteiger partial charge in [-0.3, -0.25) is 14.6 Å². The first-order chi connectivity index (χ1) is 10.2. The Kier molecular flexibility index (Phi) is 5.68. The van der Waals surface area contributed by atoms with Crippen molar-refractivity contribution in [3.8, 4) is 0 Å². The van der Waals surface area contributed by atoms with Crippen LogP contribution in [0, 0.1) is 0 Å². The van der Waals surface area contributed by atoms with Gasteiger partial charge in [0.1, 0.15) is 0 Å². The van der Waals surface area contributed by atoms with Gasteiger partial charge in [-0.1, -0.05) is 0 Å². The predicted molar refractivity (Wildman–Crippen MR) is 79.8 cm³/mol. The summed E-state index contributed by atoms with van der Waals surface area (Å²) in [6, 6.07) is 3.80. The molecular weight excluding hydrogens is 268 g/mol. The van der Waals surface area contributed by atoms with Gasteiger partial charge in [0.15, 0.2) is 0 Å². The molecule has 1 aliphatic rings. The highest BCUT2D eigenvalue weighted by molar-refractivity contribution is 5.93. The molecule has 0 saturated carbocycles. The van der Waals surface area contributed by atoms with E-state index in [1.54, 1.807) is 18.3 Å². The molecule has 21 heavy (non-hydrogen) atoms. The van der Waals surface area contributed by atoms with Crippen molar-refractivity contribution in [2.45, 2.75) is 25.8 Å². The topological polar surface area (TPSA) is 74.3 Å². The standard InChI is InChI=1S/C15H22N4O2/c1-12-11-19(9-8-17-12)14(20)5-3-7-18-15(21)13-4-2-6-16-10-13/h2,4,6,10,12,17H,3,5,7-9,11H2,1H3,(H,18,21)/t12-/m1/s1. The zero-order valence-electron chi connectivity index (χ0n) is 12.3. The Hall–Kier alpha value is -1.95. The molecule has 0 bridgehead atoms. The SMILES string of the molecule is C[C@@H]1CN(C(=O)CCCNC(=O)c2cccnc2)CCN1. The van der Waals surface area contributed by atoms with Crippen LogP contribution in [0.15, 0.2) is 24.5 Å². The molecule has 1 saturated heterocycles. The number of pyridine rings is 1. The summed E-state index contributed by atoms with van der Waals surface area (Å²) in [5.74, 6) is 0.0188. The average Bonchev–Trinajstić information content (AvgIpc) is 2.52. The number of piperazine rings is 1. The van der Waals surface area contributed by atoms with Crippen LogP contribution in [0.5, 0.6) is 0 Å². The minimum atomic E-state index is -0.147. The second kappa shape index (κ2) is 7.73. The molecule has 6 heteroatoms. The van der Waals surface area contributed by atoms with Gasteiger partial charge in [0.2, 0.25) is 5.91 Å². The zero-order valence-corrected chi connectivity index (χ0v) is 12.3. The molecule has 1 aromatic heterocycles. The highest BCUT2D eigenvalue weighted by Crippen LogP contribution is 2.03. The second-order valence-electron chi connectivity index (χ2n) is 5.30. The van der Waals surface area contributed by atoms with Crippen molar-refractivity contribution in [2.24, 2.45) is 0 Å². The molecule has 114 valence electrons. The molecule has 2 N–H and O–H groups in total. The van der Waals surface area contributed by atoms with Gasteiger partial charge >= 0.3 is 0 Å². The third-order valence-electron chi connectivity index (χ3n) is 3.50. The van der Waals surface area contributed by atoms with Crippen molar-refractivity contribution >= 4 is 11.8 Å². The number of nitrogens with one attached hydrogen (secondary N) is 2. The van der Waals surface area contributed by atoms with E-state index in [1.165, 1.54) is 6.20 Å². The first kappa shape index (κ1) is 15.4. The van der Waals surface area contributed by atoms with E-state index >= 15 is 0 Å². The van der Waals surface area contributed by atoms with Gasteiger partial charge in [0, 0.05) is 51.0 Å². The molecule has 0 aliphatic carbocycles. The van der Waals surface area contributed by atoms with E-state index in [1.807, 2.05) is 4.90 Å². The van der Waals surface area contributed by atoms with Crippen molar-refractivity contribution in [1.82, 2.24) is 20.5 Å². The Balaban J connectivity index is 1.65. The van der Waals surface area contributed by atoms with Crippen LogP contribution in [0.4, 0.5) is 0 Å². The van der Waals surface area contributed by atoms with Crippen LogP contribution in [0.2, 0.25) is 0 Å². The molecule has 6 nitrogen and oxygen atoms in total. The van der Waals surface area contributed by atoms with Gasteiger partial charge in [-0.15, -0.1) is 0 Å². The summed E-state index contributed by atoms with van der Waals surface area (Å²) in [6.45, 7) is 4.96. The maximum atomic E-state index is 12.0. The molecule has 2 heterocycles. The molecule has 2 rings (SSSR count). The van der Waals surface area contributed by atoms with E-state index in [9.17, 15) is 9.59 Å². The first-order valence-electron chi connectivity index (χ1n) is 7.36. The number of hydrogen-bond acceptors (Lipinski definition) is 4. The van der Waals surface area contributed by atoms with E-state index in [0.717, 1.165) is 19.6 Å². The van der Waals surface area contributed by atoms with Gasteiger partial charge in [-0.2, -0.15) is 0 Å². The van der Waals surface area contributed by atoms with Crippen LogP contribution < -0.4 is 10.6 Å². The third kappa shape index (κ3) is 4.82. The van der Waals surface area contributed by atoms with Gasteiger partial charge in [-0.05, 0) is 25.5 Å². The second-order valence-corrected chi connectivity index (χ2v) is 5.30. The number of carbonyl (C=O) groups is 2. The number of nitrogens with zero attached hydrogens (tertiary/aromatic N) is 2. The summed E-state index contributed by atoms with van der Waals surface area (Å²) in [4.78, 5) is 29.6. The number of amides is 2. The van der Waals surface area contributed by atoms with E-state index in [2.05, 4.69) is 22.5 Å². The van der Waals surface area contributed by atoms with Gasteiger partial charge in [-0.25, -0.2) is 0 Å². The van der Waals surface area contributed by atoms with Crippen molar-refractivity contribution in [2.75, 3.05) is 26.2 Å². The maximum absolute atomic E-state index is 12.0. The fourth-order valence-corrected chi connectivity index (χ4v) is 2.36. The summed E-state index contributed by atoms with van der Waals surface area (Å²) >= 11 is 0. The number of aromatic nitrogens is 1. The predicted octanol–water partition coefficient (Wildman–Crippen LogP) is 0.412. The Morgan fingerprint density at radius 1 is 1.52 bits per heavy atom. The van der Waals surface area contributed by atoms with Crippen LogP contribution >= 0.6 is 0 Å². The van der Waals surface area contributed by atoms with Crippen LogP contribution in [0.3, 0.4) is 0 Å². The first-order valence-corrected chi connectivity index (χ1v) is 7.36. The maximum Gasteiger partial charge on any atom is 0.252 e. The summed E-state index contributed by atoms with van der Waals surface area (Å²) < 4.78 is 0. The fraction of sp³-hybridized carbons (Fsp3) is 0.533. The number of carbonyl (C=O) groups excluding carboxylic acids is 2. The minimum absolute atomic E-state index is 0.147. The Morgan fingerprint density at radius 3 is 3.10 bits per heavy atom. The van der Waals surface area contributed by atoms with E-state index in [0.29, 0.717) is 31.0 Å². The molecule has 1 aromatic rings. The van der Waals surface area contributed by atoms with Crippen LogP contribution in [0.1, 0.15) is 30.1 Å². The quantitative estimate of drug-likeness (QED) is 0.770. The number of rotatable bonds is 5. The normalized spacial score (nSPS) is 18.3. The lowest BCUT2D eigenvalue weighted by atomic mass is 10.2. The van der Waals surface area contributed by atoms with E-state index in [4.69, 9.17) is 0 Å². The zero-order chi connectivity index (χ0) is 15.1. The molecule has 0 spiro atoms. The van der Waals surface area contributed by atoms with Crippen LogP contribution in [-0.2, 0) is 4.79 Å². The lowest BCUT2D eigenvalue weighted by Crippen LogP contribution is -2.51. The Labute approximate surface area is 124 Å². The number of hydrogen-bond donors (Lipinski definition) is 2. The Bertz CT molecular complexity index is 478. The summed E-state index contributed by atoms with van der Waals surface area (Å²) in [5.41, 5.74) is 0.541. The van der Waals surface area contributed by atoms with Gasteiger partial charge < -0.3 is 15.5 Å². The summed E-state index contributed by atoms with van der Waals surface area (Å²) in [7, 11) is 0. The monoisotopic (exact) mass is 290 g/mol. The van der Waals surface area contributed by atoms with Crippen molar-refractivity contribution in [1.29, 1.82) is 0 Å². The molecule has 0 radical (unpaired) electrons. The lowest BCUT2D eigenvalue weighted by Gasteiger charge is -2.32. The average molecular weight is 290 g/mol. The van der Waals surface area contributed by atoms with E-state index < -0.39 is 0 Å². The highest BCUT2D eigenvalue weighted by Gasteiger charge is 2.19. The summed E-state index contributed by atoms with van der Waals surface area (Å²) in [5, 5.41) is 6.11. The molecule has 1 atom stereocenters. The van der Waals surface area contributed by atoms with Gasteiger partial charge in [0.05, 0.1) is 5.56 Å². The molecule has 0 unspecified atom stereocenters. The highest BCUT2D eigenvalue weighted by atomic mass is 16.2. The van der Waals surface area contributed by atoms with Gasteiger partial charge in [0.25, 0.3) is 5.91 Å². The molecular formula is C15H22N4O2. The molecule has 1 aliphatic heterocycles. The van der Waals surface area contributed by atoms with Crippen LogP contribution in [-0.4, -0.2) is 53.9 Å². The third-order valence-corrected chi connectivity index (χ3v) is 3.50. The smallest absolute Gasteiger partial charge is 0.252 e. The Morgan fingerprint density at radius 2 is 2.38 bits per heavy atom. The fourth-order valence-electron chi connectivity index (χ4n) is 2.36. The van der Waals surface area contributed by atoms with Crippen LogP contribution in [0.25, 0.3) is 0 Å². The van der Waals surface area contributed by atoms with Crippen molar-refractivity contribution < 1.29 is 9.59 Å². The van der Waals surface area contributed by atoms with E-state index in [-0.39, 0.29) is 11.8 Å². The van der Waals surface area contributed by atoms with Crippen molar-refractivity contribution in [3.63, 3.8) is 0 Å². The molecule has 0 aromatic carbocycles. The molecule has 2 amide bonds. The van der Waals surface area contributed by atoms with Crippen molar-refractivity contribution in [3.05, 3.63) is 30.1 Å². The molecule has 1 fully saturated rings. The summed E-state index contributed by atoms with van der Waals surface area (Å²) in [6.07, 6.45) is 4.29. The minimum Gasteiger partial charge on any atom is -0.352 e. The lowest BCUT2D eigenvalue weighted by molar-refractivity contribution is -0.132.